The first-order chi connectivity index (χ1) is 29.5. The van der Waals surface area contributed by atoms with E-state index in [1.165, 1.54) is 88.4 Å². The van der Waals surface area contributed by atoms with Crippen LogP contribution >= 0.6 is 0 Å². The van der Waals surface area contributed by atoms with Crippen molar-refractivity contribution < 1.29 is 0 Å². The third-order valence-corrected chi connectivity index (χ3v) is 13.2. The van der Waals surface area contributed by atoms with Gasteiger partial charge < -0.3 is 4.90 Å². The predicted octanol–water partition coefficient (Wildman–Crippen LogP) is 15.7. The molecule has 1 atom stereocenters. The predicted molar refractivity (Wildman–Crippen MR) is 255 cm³/mol. The SMILES string of the molecule is CC1(C)c2ccccc2-c2ccc(N(c3ccc(-c4ccc5c(ccc6ccccc65)c4)cc3)C3(c4ccccc4-c4ccccc4)CC=CC=C3c3ccccc3)cc21. The summed E-state index contributed by atoms with van der Waals surface area (Å²) < 4.78 is 0. The molecular weight excluding hydrogens is 723 g/mol. The van der Waals surface area contributed by atoms with Crippen LogP contribution in [0.15, 0.2) is 224 Å². The smallest absolute Gasteiger partial charge is 0.100 e. The Morgan fingerprint density at radius 2 is 1.00 bits per heavy atom. The van der Waals surface area contributed by atoms with Crippen molar-refractivity contribution in [2.75, 3.05) is 4.90 Å². The molecule has 0 heterocycles. The van der Waals surface area contributed by atoms with Crippen LogP contribution in [0.5, 0.6) is 0 Å². The average molecular weight is 768 g/mol. The van der Waals surface area contributed by atoms with Gasteiger partial charge in [-0.2, -0.15) is 0 Å². The second-order valence-electron chi connectivity index (χ2n) is 16.9. The van der Waals surface area contributed by atoms with Gasteiger partial charge in [-0.3, -0.25) is 0 Å². The molecule has 0 aliphatic heterocycles. The van der Waals surface area contributed by atoms with Crippen molar-refractivity contribution in [1.29, 1.82) is 0 Å². The van der Waals surface area contributed by atoms with Crippen LogP contribution in [0.1, 0.15) is 42.5 Å². The molecule has 60 heavy (non-hydrogen) atoms. The second kappa shape index (κ2) is 14.3. The van der Waals surface area contributed by atoms with E-state index in [-0.39, 0.29) is 5.41 Å². The van der Waals surface area contributed by atoms with Gasteiger partial charge in [-0.1, -0.05) is 208 Å². The van der Waals surface area contributed by atoms with Crippen LogP contribution in [0.2, 0.25) is 0 Å². The maximum atomic E-state index is 2.66. The summed E-state index contributed by atoms with van der Waals surface area (Å²) in [6, 6.07) is 76.6. The van der Waals surface area contributed by atoms with Gasteiger partial charge in [0, 0.05) is 16.8 Å². The monoisotopic (exact) mass is 767 g/mol. The molecule has 1 heteroatoms. The largest absolute Gasteiger partial charge is 0.327 e. The number of hydrogen-bond acceptors (Lipinski definition) is 1. The van der Waals surface area contributed by atoms with Crippen molar-refractivity contribution in [3.8, 4) is 33.4 Å². The summed E-state index contributed by atoms with van der Waals surface area (Å²) in [5, 5.41) is 5.09. The van der Waals surface area contributed by atoms with Gasteiger partial charge in [-0.05, 0) is 120 Å². The van der Waals surface area contributed by atoms with Crippen LogP contribution < -0.4 is 4.90 Å². The molecule has 0 aromatic heterocycles. The fraction of sp³-hybridized carbons (Fsp3) is 0.0847. The molecule has 2 aliphatic rings. The number of benzene rings is 9. The normalized spacial score (nSPS) is 16.3. The van der Waals surface area contributed by atoms with Crippen molar-refractivity contribution in [2.24, 2.45) is 0 Å². The highest BCUT2D eigenvalue weighted by atomic mass is 15.2. The number of anilines is 2. The lowest BCUT2D eigenvalue weighted by Crippen LogP contribution is -2.45. The Kier molecular flexibility index (Phi) is 8.53. The summed E-state index contributed by atoms with van der Waals surface area (Å²) in [5.74, 6) is 0. The quantitative estimate of drug-likeness (QED) is 0.146. The zero-order chi connectivity index (χ0) is 40.3. The number of rotatable bonds is 7. The number of nitrogens with zero attached hydrogens (tertiary/aromatic N) is 1. The lowest BCUT2D eigenvalue weighted by molar-refractivity contribution is 0.567. The molecule has 1 nitrogen and oxygen atoms in total. The first-order valence-corrected chi connectivity index (χ1v) is 21.1. The Morgan fingerprint density at radius 3 is 1.80 bits per heavy atom. The molecule has 286 valence electrons. The summed E-state index contributed by atoms with van der Waals surface area (Å²) in [6.07, 6.45) is 7.74. The molecular formula is C59H45N. The summed E-state index contributed by atoms with van der Waals surface area (Å²) in [4.78, 5) is 2.66. The highest BCUT2D eigenvalue weighted by Crippen LogP contribution is 2.56. The number of hydrogen-bond donors (Lipinski definition) is 0. The Labute approximate surface area is 353 Å². The minimum absolute atomic E-state index is 0.154. The van der Waals surface area contributed by atoms with Crippen LogP contribution in [0.3, 0.4) is 0 Å². The third kappa shape index (κ3) is 5.68. The minimum Gasteiger partial charge on any atom is -0.327 e. The Morgan fingerprint density at radius 1 is 0.400 bits per heavy atom. The number of allylic oxidation sites excluding steroid dienone is 2. The van der Waals surface area contributed by atoms with E-state index < -0.39 is 5.54 Å². The van der Waals surface area contributed by atoms with E-state index in [4.69, 9.17) is 0 Å². The highest BCUT2D eigenvalue weighted by molar-refractivity contribution is 6.08. The van der Waals surface area contributed by atoms with Crippen molar-refractivity contribution in [2.45, 2.75) is 31.2 Å². The lowest BCUT2D eigenvalue weighted by Gasteiger charge is -2.49. The molecule has 0 spiro atoms. The van der Waals surface area contributed by atoms with Crippen LogP contribution in [0.4, 0.5) is 11.4 Å². The summed E-state index contributed by atoms with van der Waals surface area (Å²) in [5.41, 5.74) is 15.5. The Bertz CT molecular complexity index is 3130. The van der Waals surface area contributed by atoms with Gasteiger partial charge in [-0.25, -0.2) is 0 Å². The molecule has 11 rings (SSSR count). The molecule has 0 saturated carbocycles. The summed E-state index contributed by atoms with van der Waals surface area (Å²) >= 11 is 0. The third-order valence-electron chi connectivity index (χ3n) is 13.2. The summed E-state index contributed by atoms with van der Waals surface area (Å²) in [6.45, 7) is 4.76. The molecule has 0 N–H and O–H groups in total. The first-order valence-electron chi connectivity index (χ1n) is 21.1. The maximum absolute atomic E-state index is 2.66. The van der Waals surface area contributed by atoms with Crippen LogP contribution in [0, 0.1) is 0 Å². The van der Waals surface area contributed by atoms with E-state index in [0.29, 0.717) is 0 Å². The minimum atomic E-state index is -0.627. The molecule has 0 radical (unpaired) electrons. The van der Waals surface area contributed by atoms with Gasteiger partial charge >= 0.3 is 0 Å². The molecule has 2 aliphatic carbocycles. The Hall–Kier alpha value is -7.22. The van der Waals surface area contributed by atoms with Gasteiger partial charge in [0.1, 0.15) is 5.54 Å². The van der Waals surface area contributed by atoms with E-state index >= 15 is 0 Å². The lowest BCUT2D eigenvalue weighted by atomic mass is 9.70. The standard InChI is InChI=1S/C59H45N/c1-58(2)55-26-13-12-24-52(55)53-37-35-48(40-57(53)58)60(47-33-30-41(31-34-47)45-32-36-50-46(39-45)29-28-43-19-9-10-22-49(43)50)59(38-16-15-25-54(59)44-20-7-4-8-21-44)56-27-14-11-23-51(56)42-17-5-3-6-18-42/h3-37,39-40H,38H2,1-2H3. The van der Waals surface area contributed by atoms with Crippen LogP contribution in [-0.4, -0.2) is 0 Å². The van der Waals surface area contributed by atoms with E-state index in [2.05, 4.69) is 243 Å². The van der Waals surface area contributed by atoms with Gasteiger partial charge in [0.25, 0.3) is 0 Å². The highest BCUT2D eigenvalue weighted by Gasteiger charge is 2.46. The molecule has 9 aromatic rings. The van der Waals surface area contributed by atoms with Crippen molar-refractivity contribution in [3.05, 3.63) is 247 Å². The average Bonchev–Trinajstić information content (AvgIpc) is 3.55. The number of fused-ring (bicyclic) bond motifs is 6. The van der Waals surface area contributed by atoms with Crippen LogP contribution in [0.25, 0.3) is 60.5 Å². The molecule has 0 saturated heterocycles. The van der Waals surface area contributed by atoms with Crippen molar-refractivity contribution in [1.82, 2.24) is 0 Å². The van der Waals surface area contributed by atoms with E-state index in [1.807, 2.05) is 0 Å². The zero-order valence-corrected chi connectivity index (χ0v) is 34.0. The fourth-order valence-electron chi connectivity index (χ4n) is 10.3. The summed E-state index contributed by atoms with van der Waals surface area (Å²) in [7, 11) is 0. The molecule has 1 unspecified atom stereocenters. The first kappa shape index (κ1) is 35.9. The van der Waals surface area contributed by atoms with Gasteiger partial charge in [0.2, 0.25) is 0 Å². The van der Waals surface area contributed by atoms with Gasteiger partial charge in [-0.15, -0.1) is 0 Å². The second-order valence-corrected chi connectivity index (χ2v) is 16.9. The Balaban J connectivity index is 1.15. The van der Waals surface area contributed by atoms with E-state index in [9.17, 15) is 0 Å². The van der Waals surface area contributed by atoms with Gasteiger partial charge in [0.15, 0.2) is 0 Å². The van der Waals surface area contributed by atoms with E-state index in [0.717, 1.165) is 12.1 Å². The maximum Gasteiger partial charge on any atom is 0.100 e. The fourth-order valence-corrected chi connectivity index (χ4v) is 10.3. The zero-order valence-electron chi connectivity index (χ0n) is 34.0. The molecule has 0 amide bonds. The molecule has 9 aromatic carbocycles. The van der Waals surface area contributed by atoms with Gasteiger partial charge in [0.05, 0.1) is 0 Å². The van der Waals surface area contributed by atoms with Crippen molar-refractivity contribution in [3.63, 3.8) is 0 Å². The molecule has 0 bridgehead atoms. The van der Waals surface area contributed by atoms with Crippen molar-refractivity contribution >= 4 is 38.5 Å². The van der Waals surface area contributed by atoms with E-state index in [1.54, 1.807) is 0 Å². The molecule has 0 fully saturated rings. The topological polar surface area (TPSA) is 3.24 Å². The van der Waals surface area contributed by atoms with Crippen LogP contribution in [-0.2, 0) is 11.0 Å².